The summed E-state index contributed by atoms with van der Waals surface area (Å²) in [7, 11) is 0. The van der Waals surface area contributed by atoms with Crippen LogP contribution in [0.1, 0.15) is 47.5 Å². The Bertz CT molecular complexity index is 546. The van der Waals surface area contributed by atoms with Crippen LogP contribution in [-0.4, -0.2) is 22.8 Å². The molecule has 0 aliphatic carbocycles. The van der Waals surface area contributed by atoms with Crippen molar-refractivity contribution in [1.82, 2.24) is 0 Å². The Morgan fingerprint density at radius 3 is 2.33 bits per heavy atom. The molecular formula is C21H30O3. The number of Topliss-reactive ketones (excluding diaryl/α,β-unsaturated/α-hetero) is 2. The summed E-state index contributed by atoms with van der Waals surface area (Å²) in [6.07, 6.45) is 14.6. The molecule has 0 rings (SSSR count). The monoisotopic (exact) mass is 330 g/mol. The van der Waals surface area contributed by atoms with Crippen molar-refractivity contribution in [3.63, 3.8) is 0 Å². The number of carbonyl (C=O) groups excluding carboxylic acids is 2. The minimum atomic E-state index is -0.857. The van der Waals surface area contributed by atoms with E-state index in [0.717, 1.165) is 0 Å². The summed E-state index contributed by atoms with van der Waals surface area (Å²) in [6.45, 7) is 8.78. The summed E-state index contributed by atoms with van der Waals surface area (Å²) >= 11 is 0. The maximum absolute atomic E-state index is 12.3. The van der Waals surface area contributed by atoms with E-state index < -0.39 is 6.10 Å². The molecule has 3 nitrogen and oxygen atoms in total. The van der Waals surface area contributed by atoms with Gasteiger partial charge in [-0.15, -0.1) is 6.42 Å². The first-order chi connectivity index (χ1) is 11.2. The van der Waals surface area contributed by atoms with Crippen molar-refractivity contribution in [3.05, 3.63) is 36.0 Å². The van der Waals surface area contributed by atoms with Crippen LogP contribution in [0.2, 0.25) is 0 Å². The average molecular weight is 330 g/mol. The molecule has 3 heteroatoms. The quantitative estimate of drug-likeness (QED) is 0.376. The third kappa shape index (κ3) is 8.64. The summed E-state index contributed by atoms with van der Waals surface area (Å²) in [5.41, 5.74) is 0.653. The highest BCUT2D eigenvalue weighted by Gasteiger charge is 2.20. The third-order valence-corrected chi connectivity index (χ3v) is 4.09. The van der Waals surface area contributed by atoms with Crippen LogP contribution in [0.15, 0.2) is 36.0 Å². The molecule has 4 unspecified atom stereocenters. The standard InChI is InChI=1S/C21H30O3/c1-7-9-10-11-19(8-2)13-17(5)21(24)14-20(23)16(4)12-15(3)18(6)22/h2,7,9-12,15,17,19-20,23H,13-14H2,1,3-6H3. The summed E-state index contributed by atoms with van der Waals surface area (Å²) < 4.78 is 0. The minimum absolute atomic E-state index is 0.0228. The van der Waals surface area contributed by atoms with Gasteiger partial charge in [0, 0.05) is 24.2 Å². The van der Waals surface area contributed by atoms with Crippen molar-refractivity contribution in [1.29, 1.82) is 0 Å². The SMILES string of the molecule is C#CC(C=CC=CC)CC(C)C(=O)CC(O)C(C)=CC(C)C(C)=O. The van der Waals surface area contributed by atoms with Crippen LogP contribution in [0.25, 0.3) is 0 Å². The third-order valence-electron chi connectivity index (χ3n) is 4.09. The molecule has 0 aromatic rings. The summed E-state index contributed by atoms with van der Waals surface area (Å²) in [6, 6.07) is 0. The summed E-state index contributed by atoms with van der Waals surface area (Å²) in [4.78, 5) is 23.6. The van der Waals surface area contributed by atoms with Crippen molar-refractivity contribution < 1.29 is 14.7 Å². The Hall–Kier alpha value is -1.92. The zero-order valence-corrected chi connectivity index (χ0v) is 15.5. The predicted octanol–water partition coefficient (Wildman–Crippen LogP) is 3.89. The van der Waals surface area contributed by atoms with Gasteiger partial charge in [0.15, 0.2) is 0 Å². The van der Waals surface area contributed by atoms with Gasteiger partial charge in [-0.05, 0) is 32.8 Å². The lowest BCUT2D eigenvalue weighted by Gasteiger charge is -2.17. The number of hydrogen-bond acceptors (Lipinski definition) is 3. The molecule has 0 aliphatic rings. The topological polar surface area (TPSA) is 54.4 Å². The molecular weight excluding hydrogens is 300 g/mol. The fraction of sp³-hybridized carbons (Fsp3) is 0.524. The van der Waals surface area contributed by atoms with Gasteiger partial charge in [0.1, 0.15) is 11.6 Å². The molecule has 0 fully saturated rings. The molecule has 0 aromatic carbocycles. The van der Waals surface area contributed by atoms with E-state index in [1.54, 1.807) is 19.9 Å². The highest BCUT2D eigenvalue weighted by atomic mass is 16.3. The number of hydrogen-bond donors (Lipinski definition) is 1. The van der Waals surface area contributed by atoms with Crippen molar-refractivity contribution in [2.45, 2.75) is 53.6 Å². The molecule has 0 radical (unpaired) electrons. The van der Waals surface area contributed by atoms with Crippen LogP contribution in [-0.2, 0) is 9.59 Å². The molecule has 1 N–H and O–H groups in total. The zero-order chi connectivity index (χ0) is 18.7. The number of allylic oxidation sites excluding steroid dienone is 5. The average Bonchev–Trinajstić information content (AvgIpc) is 2.53. The van der Waals surface area contributed by atoms with E-state index in [1.165, 1.54) is 6.92 Å². The maximum atomic E-state index is 12.3. The smallest absolute Gasteiger partial charge is 0.138 e. The van der Waals surface area contributed by atoms with Crippen molar-refractivity contribution in [3.8, 4) is 12.3 Å². The van der Waals surface area contributed by atoms with Crippen LogP contribution in [0, 0.1) is 30.1 Å². The second-order valence-corrected chi connectivity index (χ2v) is 6.32. The van der Waals surface area contributed by atoms with Crippen molar-refractivity contribution >= 4 is 11.6 Å². The fourth-order valence-electron chi connectivity index (χ4n) is 2.20. The van der Waals surface area contributed by atoms with Gasteiger partial charge in [-0.2, -0.15) is 0 Å². The Morgan fingerprint density at radius 2 is 1.83 bits per heavy atom. The van der Waals surface area contributed by atoms with Crippen LogP contribution >= 0.6 is 0 Å². The first-order valence-electron chi connectivity index (χ1n) is 8.38. The minimum Gasteiger partial charge on any atom is -0.388 e. The molecule has 0 spiro atoms. The molecule has 132 valence electrons. The van der Waals surface area contributed by atoms with Crippen LogP contribution in [0.4, 0.5) is 0 Å². The lowest BCUT2D eigenvalue weighted by atomic mass is 9.89. The van der Waals surface area contributed by atoms with Gasteiger partial charge in [0.25, 0.3) is 0 Å². The van der Waals surface area contributed by atoms with E-state index in [2.05, 4.69) is 5.92 Å². The van der Waals surface area contributed by atoms with Crippen molar-refractivity contribution in [2.75, 3.05) is 0 Å². The van der Waals surface area contributed by atoms with Crippen LogP contribution in [0.5, 0.6) is 0 Å². The zero-order valence-electron chi connectivity index (χ0n) is 15.5. The van der Waals surface area contributed by atoms with Crippen molar-refractivity contribution in [2.24, 2.45) is 17.8 Å². The lowest BCUT2D eigenvalue weighted by Crippen LogP contribution is -2.22. The molecule has 0 aromatic heterocycles. The highest BCUT2D eigenvalue weighted by Crippen LogP contribution is 2.19. The summed E-state index contributed by atoms with van der Waals surface area (Å²) in [5.74, 6) is 2.10. The van der Waals surface area contributed by atoms with E-state index in [-0.39, 0.29) is 35.7 Å². The molecule has 0 saturated carbocycles. The number of terminal acetylenes is 1. The fourth-order valence-corrected chi connectivity index (χ4v) is 2.20. The normalized spacial score (nSPS) is 17.5. The first kappa shape index (κ1) is 22.1. The molecule has 24 heavy (non-hydrogen) atoms. The Kier molecular flexibility index (Phi) is 10.7. The van der Waals surface area contributed by atoms with Gasteiger partial charge in [0.05, 0.1) is 6.10 Å². The van der Waals surface area contributed by atoms with E-state index in [9.17, 15) is 14.7 Å². The largest absolute Gasteiger partial charge is 0.388 e. The number of aliphatic hydroxyl groups excluding tert-OH is 1. The molecule has 0 aliphatic heterocycles. The molecule has 4 atom stereocenters. The Balaban J connectivity index is 4.69. The molecule has 0 saturated heterocycles. The van der Waals surface area contributed by atoms with Crippen LogP contribution < -0.4 is 0 Å². The number of rotatable bonds is 10. The second kappa shape index (κ2) is 11.6. The Labute approximate surface area is 146 Å². The van der Waals surface area contributed by atoms with E-state index in [4.69, 9.17) is 6.42 Å². The van der Waals surface area contributed by atoms with E-state index in [0.29, 0.717) is 12.0 Å². The van der Waals surface area contributed by atoms with Gasteiger partial charge in [0.2, 0.25) is 0 Å². The van der Waals surface area contributed by atoms with Gasteiger partial charge in [-0.3, -0.25) is 9.59 Å². The van der Waals surface area contributed by atoms with Gasteiger partial charge in [-0.25, -0.2) is 0 Å². The predicted molar refractivity (Wildman–Crippen MR) is 99.3 cm³/mol. The lowest BCUT2D eigenvalue weighted by molar-refractivity contribution is -0.124. The highest BCUT2D eigenvalue weighted by molar-refractivity contribution is 5.82. The van der Waals surface area contributed by atoms with Gasteiger partial charge >= 0.3 is 0 Å². The number of ketones is 2. The number of aliphatic hydroxyl groups is 1. The van der Waals surface area contributed by atoms with Gasteiger partial charge < -0.3 is 5.11 Å². The Morgan fingerprint density at radius 1 is 1.21 bits per heavy atom. The number of carbonyl (C=O) groups is 2. The molecule has 0 amide bonds. The van der Waals surface area contributed by atoms with E-state index >= 15 is 0 Å². The second-order valence-electron chi connectivity index (χ2n) is 6.32. The molecule has 0 heterocycles. The van der Waals surface area contributed by atoms with Crippen LogP contribution in [0.3, 0.4) is 0 Å². The first-order valence-corrected chi connectivity index (χ1v) is 8.38. The van der Waals surface area contributed by atoms with Gasteiger partial charge in [-0.1, -0.05) is 50.1 Å². The summed E-state index contributed by atoms with van der Waals surface area (Å²) in [5, 5.41) is 10.2. The maximum Gasteiger partial charge on any atom is 0.138 e. The van der Waals surface area contributed by atoms with E-state index in [1.807, 2.05) is 38.2 Å². The molecule has 0 bridgehead atoms.